The molecule has 0 aliphatic rings. The smallest absolute Gasteiger partial charge is 0.232 e. The molecule has 0 bridgehead atoms. The number of para-hydroxylation sites is 1. The minimum absolute atomic E-state index is 0.167. The molecule has 0 aliphatic heterocycles. The maximum absolute atomic E-state index is 4.91. The van der Waals surface area contributed by atoms with Crippen LogP contribution < -0.4 is 4.57 Å². The first-order valence-corrected chi connectivity index (χ1v) is 11.5. The van der Waals surface area contributed by atoms with E-state index >= 15 is 0 Å². The highest BCUT2D eigenvalue weighted by molar-refractivity contribution is 5.69. The second-order valence-electron chi connectivity index (χ2n) is 10.8. The zero-order valence-corrected chi connectivity index (χ0v) is 21.0. The molecular formula is C28H34N5+. The van der Waals surface area contributed by atoms with E-state index in [1.165, 1.54) is 5.56 Å². The van der Waals surface area contributed by atoms with Crippen LogP contribution in [0.2, 0.25) is 0 Å². The van der Waals surface area contributed by atoms with E-state index in [2.05, 4.69) is 120 Å². The first kappa shape index (κ1) is 22.8. The molecule has 0 aliphatic carbocycles. The van der Waals surface area contributed by atoms with Crippen molar-refractivity contribution < 1.29 is 4.57 Å². The van der Waals surface area contributed by atoms with Crippen LogP contribution >= 0.6 is 0 Å². The maximum atomic E-state index is 4.91. The standard InChI is InChI=1S/C28H34N5/c1-19-14-15-20(23-29-25(27(2,3)4)31-26(30-23)28(5,6)7)18-22(19)24-32(8)16-17-33(24)21-12-10-9-11-13-21/h9-18H,1-8H3/q+1. The maximum Gasteiger partial charge on any atom is 0.294 e. The molecule has 2 aromatic heterocycles. The summed E-state index contributed by atoms with van der Waals surface area (Å²) >= 11 is 0. The van der Waals surface area contributed by atoms with Gasteiger partial charge in [-0.15, -0.1) is 0 Å². The van der Waals surface area contributed by atoms with Crippen LogP contribution in [0, 0.1) is 6.92 Å². The molecule has 4 aromatic rings. The fourth-order valence-electron chi connectivity index (χ4n) is 3.77. The van der Waals surface area contributed by atoms with Crippen molar-refractivity contribution in [2.45, 2.75) is 59.3 Å². The molecule has 4 rings (SSSR count). The highest BCUT2D eigenvalue weighted by Crippen LogP contribution is 2.30. The molecule has 0 unspecified atom stereocenters. The van der Waals surface area contributed by atoms with Gasteiger partial charge in [-0.25, -0.2) is 19.5 Å². The van der Waals surface area contributed by atoms with Gasteiger partial charge in [-0.2, -0.15) is 4.57 Å². The molecule has 2 aromatic carbocycles. The van der Waals surface area contributed by atoms with Crippen molar-refractivity contribution in [2.24, 2.45) is 7.05 Å². The van der Waals surface area contributed by atoms with Crippen LogP contribution in [0.5, 0.6) is 0 Å². The lowest BCUT2D eigenvalue weighted by molar-refractivity contribution is -0.659. The third-order valence-electron chi connectivity index (χ3n) is 5.75. The van der Waals surface area contributed by atoms with E-state index in [1.54, 1.807) is 0 Å². The summed E-state index contributed by atoms with van der Waals surface area (Å²) in [5.41, 5.74) is 4.14. The van der Waals surface area contributed by atoms with Crippen molar-refractivity contribution in [3.63, 3.8) is 0 Å². The molecule has 5 heteroatoms. The molecule has 5 nitrogen and oxygen atoms in total. The third-order valence-corrected chi connectivity index (χ3v) is 5.75. The molecule has 0 N–H and O–H groups in total. The Morgan fingerprint density at radius 3 is 1.97 bits per heavy atom. The van der Waals surface area contributed by atoms with Gasteiger partial charge in [0.05, 0.1) is 12.6 Å². The topological polar surface area (TPSA) is 47.5 Å². The van der Waals surface area contributed by atoms with Crippen molar-refractivity contribution >= 4 is 0 Å². The molecule has 0 fully saturated rings. The highest BCUT2D eigenvalue weighted by atomic mass is 15.1. The Labute approximate surface area is 197 Å². The molecule has 0 saturated heterocycles. The zero-order chi connectivity index (χ0) is 24.0. The van der Waals surface area contributed by atoms with E-state index < -0.39 is 0 Å². The average molecular weight is 441 g/mol. The Balaban J connectivity index is 1.91. The van der Waals surface area contributed by atoms with Crippen LogP contribution in [-0.4, -0.2) is 19.5 Å². The largest absolute Gasteiger partial charge is 0.294 e. The number of nitrogens with zero attached hydrogens (tertiary/aromatic N) is 5. The molecule has 33 heavy (non-hydrogen) atoms. The van der Waals surface area contributed by atoms with Crippen molar-refractivity contribution in [2.75, 3.05) is 0 Å². The van der Waals surface area contributed by atoms with Crippen LogP contribution in [0.1, 0.15) is 58.8 Å². The fourth-order valence-corrected chi connectivity index (χ4v) is 3.77. The molecule has 0 atom stereocenters. The molecule has 2 heterocycles. The summed E-state index contributed by atoms with van der Waals surface area (Å²) in [6.07, 6.45) is 4.20. The monoisotopic (exact) mass is 440 g/mol. The van der Waals surface area contributed by atoms with Crippen molar-refractivity contribution in [1.82, 2.24) is 19.5 Å². The third kappa shape index (κ3) is 4.58. The lowest BCUT2D eigenvalue weighted by Gasteiger charge is -2.22. The van der Waals surface area contributed by atoms with E-state index in [1.807, 2.05) is 6.07 Å². The molecule has 0 amide bonds. The van der Waals surface area contributed by atoms with Gasteiger partial charge in [0.15, 0.2) is 5.82 Å². The van der Waals surface area contributed by atoms with Crippen LogP contribution in [-0.2, 0) is 17.9 Å². The summed E-state index contributed by atoms with van der Waals surface area (Å²) in [7, 11) is 2.08. The quantitative estimate of drug-likeness (QED) is 0.383. The van der Waals surface area contributed by atoms with Crippen molar-refractivity contribution in [3.8, 4) is 28.5 Å². The Hall–Kier alpha value is -3.34. The van der Waals surface area contributed by atoms with Gasteiger partial charge >= 0.3 is 0 Å². The number of aryl methyl sites for hydroxylation is 2. The van der Waals surface area contributed by atoms with E-state index in [-0.39, 0.29) is 10.8 Å². The van der Waals surface area contributed by atoms with Gasteiger partial charge in [-0.3, -0.25) is 0 Å². The van der Waals surface area contributed by atoms with Crippen LogP contribution in [0.25, 0.3) is 28.5 Å². The number of hydrogen-bond acceptors (Lipinski definition) is 3. The van der Waals surface area contributed by atoms with Crippen LogP contribution in [0.4, 0.5) is 0 Å². The Morgan fingerprint density at radius 1 is 0.788 bits per heavy atom. The molecule has 0 spiro atoms. The zero-order valence-electron chi connectivity index (χ0n) is 21.0. The van der Waals surface area contributed by atoms with Crippen LogP contribution in [0.3, 0.4) is 0 Å². The summed E-state index contributed by atoms with van der Waals surface area (Å²) in [5.74, 6) is 3.47. The van der Waals surface area contributed by atoms with Crippen molar-refractivity contribution in [3.05, 3.63) is 78.1 Å². The van der Waals surface area contributed by atoms with E-state index in [0.717, 1.165) is 40.1 Å². The summed E-state index contributed by atoms with van der Waals surface area (Å²) < 4.78 is 4.38. The second kappa shape index (κ2) is 8.22. The minimum Gasteiger partial charge on any atom is -0.232 e. The van der Waals surface area contributed by atoms with E-state index in [9.17, 15) is 0 Å². The summed E-state index contributed by atoms with van der Waals surface area (Å²) in [6.45, 7) is 15.0. The Bertz CT molecular complexity index is 1260. The number of imidazole rings is 1. The van der Waals surface area contributed by atoms with Gasteiger partial charge < -0.3 is 0 Å². The van der Waals surface area contributed by atoms with Gasteiger partial charge in [0.2, 0.25) is 0 Å². The molecular weight excluding hydrogens is 406 g/mol. The van der Waals surface area contributed by atoms with Crippen LogP contribution in [0.15, 0.2) is 60.9 Å². The predicted molar refractivity (Wildman–Crippen MR) is 133 cm³/mol. The lowest BCUT2D eigenvalue weighted by atomic mass is 9.92. The summed E-state index contributed by atoms with van der Waals surface area (Å²) in [6, 6.07) is 16.9. The highest BCUT2D eigenvalue weighted by Gasteiger charge is 2.26. The number of aromatic nitrogens is 5. The molecule has 0 saturated carbocycles. The summed E-state index contributed by atoms with van der Waals surface area (Å²) in [4.78, 5) is 14.6. The fraction of sp³-hybridized carbons (Fsp3) is 0.357. The Morgan fingerprint density at radius 2 is 1.39 bits per heavy atom. The van der Waals surface area contributed by atoms with Gasteiger partial charge in [0.25, 0.3) is 5.82 Å². The van der Waals surface area contributed by atoms with Gasteiger partial charge in [-0.05, 0) is 30.7 Å². The number of benzene rings is 2. The normalized spacial score (nSPS) is 12.2. The SMILES string of the molecule is Cc1ccc(-c2nc(C(C)(C)C)nc(C(C)(C)C)n2)cc1-c1n(-c2ccccc2)cc[n+]1C. The summed E-state index contributed by atoms with van der Waals surface area (Å²) in [5, 5.41) is 0. The Kier molecular flexibility index (Phi) is 5.69. The van der Waals surface area contributed by atoms with Crippen molar-refractivity contribution in [1.29, 1.82) is 0 Å². The van der Waals surface area contributed by atoms with Gasteiger partial charge in [0.1, 0.15) is 29.7 Å². The average Bonchev–Trinajstić information content (AvgIpc) is 3.14. The molecule has 0 radical (unpaired) electrons. The van der Waals surface area contributed by atoms with E-state index in [4.69, 9.17) is 15.0 Å². The molecule has 170 valence electrons. The first-order chi connectivity index (χ1) is 15.4. The minimum atomic E-state index is -0.167. The number of rotatable bonds is 3. The number of hydrogen-bond donors (Lipinski definition) is 0. The van der Waals surface area contributed by atoms with Gasteiger partial charge in [0, 0.05) is 16.4 Å². The lowest BCUT2D eigenvalue weighted by Crippen LogP contribution is -2.29. The first-order valence-electron chi connectivity index (χ1n) is 11.5. The van der Waals surface area contributed by atoms with E-state index in [0.29, 0.717) is 0 Å². The second-order valence-corrected chi connectivity index (χ2v) is 10.8. The predicted octanol–water partition coefficient (Wildman–Crippen LogP) is 5.72. The van der Waals surface area contributed by atoms with Gasteiger partial charge in [-0.1, -0.05) is 71.9 Å².